The SMILES string of the molecule is CC[C@@H](C)[C@H](NC(=O)Cc1cccc(C(F)(F)F)c1)C(=O)OC. The molecule has 0 spiro atoms. The third-order valence-corrected chi connectivity index (χ3v) is 3.60. The molecule has 1 N–H and O–H groups in total. The molecule has 0 saturated heterocycles. The molecule has 0 aliphatic carbocycles. The molecule has 0 unspecified atom stereocenters. The number of rotatable bonds is 6. The second-order valence-electron chi connectivity index (χ2n) is 5.33. The Morgan fingerprint density at radius 2 is 1.96 bits per heavy atom. The molecule has 1 aromatic carbocycles. The minimum Gasteiger partial charge on any atom is -0.467 e. The number of esters is 1. The number of halogens is 3. The molecule has 1 amide bonds. The van der Waals surface area contributed by atoms with E-state index in [2.05, 4.69) is 10.1 Å². The summed E-state index contributed by atoms with van der Waals surface area (Å²) in [6.07, 6.45) is -4.06. The quantitative estimate of drug-likeness (QED) is 0.816. The van der Waals surface area contributed by atoms with E-state index in [9.17, 15) is 22.8 Å². The Hall–Kier alpha value is -2.05. The molecule has 2 atom stereocenters. The van der Waals surface area contributed by atoms with Gasteiger partial charge in [0.25, 0.3) is 0 Å². The van der Waals surface area contributed by atoms with E-state index in [1.165, 1.54) is 19.2 Å². The summed E-state index contributed by atoms with van der Waals surface area (Å²) in [5.41, 5.74) is -0.584. The first kappa shape index (κ1) is 19.0. The molecule has 4 nitrogen and oxygen atoms in total. The number of amides is 1. The number of benzene rings is 1. The van der Waals surface area contributed by atoms with Gasteiger partial charge in [-0.05, 0) is 17.5 Å². The molecule has 128 valence electrons. The Balaban J connectivity index is 2.81. The minimum absolute atomic E-state index is 0.145. The summed E-state index contributed by atoms with van der Waals surface area (Å²) >= 11 is 0. The van der Waals surface area contributed by atoms with E-state index in [-0.39, 0.29) is 17.9 Å². The Labute approximate surface area is 133 Å². The number of carbonyl (C=O) groups is 2. The van der Waals surface area contributed by atoms with E-state index in [1.807, 2.05) is 6.92 Å². The van der Waals surface area contributed by atoms with E-state index in [4.69, 9.17) is 0 Å². The predicted molar refractivity (Wildman–Crippen MR) is 78.5 cm³/mol. The van der Waals surface area contributed by atoms with Crippen LogP contribution < -0.4 is 5.32 Å². The second-order valence-corrected chi connectivity index (χ2v) is 5.33. The summed E-state index contributed by atoms with van der Waals surface area (Å²) < 4.78 is 42.6. The van der Waals surface area contributed by atoms with Gasteiger partial charge in [0, 0.05) is 0 Å². The number of hydrogen-bond acceptors (Lipinski definition) is 3. The number of carbonyl (C=O) groups excluding carboxylic acids is 2. The summed E-state index contributed by atoms with van der Waals surface area (Å²) in [6, 6.07) is 3.74. The van der Waals surface area contributed by atoms with Crippen molar-refractivity contribution in [3.8, 4) is 0 Å². The molecule has 0 saturated carbocycles. The fourth-order valence-electron chi connectivity index (χ4n) is 2.06. The lowest BCUT2D eigenvalue weighted by Crippen LogP contribution is -2.46. The van der Waals surface area contributed by atoms with Crippen LogP contribution in [0.5, 0.6) is 0 Å². The zero-order valence-electron chi connectivity index (χ0n) is 13.2. The van der Waals surface area contributed by atoms with Crippen LogP contribution in [0, 0.1) is 5.92 Å². The van der Waals surface area contributed by atoms with Crippen LogP contribution in [0.15, 0.2) is 24.3 Å². The van der Waals surface area contributed by atoms with E-state index >= 15 is 0 Å². The highest BCUT2D eigenvalue weighted by molar-refractivity contribution is 5.85. The molecule has 0 fully saturated rings. The highest BCUT2D eigenvalue weighted by atomic mass is 19.4. The number of methoxy groups -OCH3 is 1. The van der Waals surface area contributed by atoms with Crippen molar-refractivity contribution >= 4 is 11.9 Å². The minimum atomic E-state index is -4.46. The van der Waals surface area contributed by atoms with Gasteiger partial charge >= 0.3 is 12.1 Å². The average molecular weight is 331 g/mol. The summed E-state index contributed by atoms with van der Waals surface area (Å²) in [5.74, 6) is -1.25. The molecule has 23 heavy (non-hydrogen) atoms. The van der Waals surface area contributed by atoms with Gasteiger partial charge in [-0.1, -0.05) is 38.5 Å². The Bertz CT molecular complexity index is 558. The van der Waals surface area contributed by atoms with Crippen LogP contribution in [-0.2, 0) is 26.9 Å². The first-order valence-electron chi connectivity index (χ1n) is 7.22. The highest BCUT2D eigenvalue weighted by Crippen LogP contribution is 2.29. The van der Waals surface area contributed by atoms with Crippen molar-refractivity contribution < 1.29 is 27.5 Å². The number of nitrogens with one attached hydrogen (secondary N) is 1. The summed E-state index contributed by atoms with van der Waals surface area (Å²) in [4.78, 5) is 23.7. The van der Waals surface area contributed by atoms with Crippen LogP contribution in [0.2, 0.25) is 0 Å². The predicted octanol–water partition coefficient (Wildman–Crippen LogP) is 2.95. The van der Waals surface area contributed by atoms with Gasteiger partial charge in [0.05, 0.1) is 19.1 Å². The Kier molecular flexibility index (Phi) is 6.60. The van der Waals surface area contributed by atoms with Crippen molar-refractivity contribution in [1.29, 1.82) is 0 Å². The molecule has 0 bridgehead atoms. The number of hydrogen-bond donors (Lipinski definition) is 1. The molecule has 0 aliphatic heterocycles. The van der Waals surface area contributed by atoms with Gasteiger partial charge in [-0.2, -0.15) is 13.2 Å². The van der Waals surface area contributed by atoms with Crippen molar-refractivity contribution in [3.05, 3.63) is 35.4 Å². The van der Waals surface area contributed by atoms with Crippen molar-refractivity contribution in [1.82, 2.24) is 5.32 Å². The summed E-state index contributed by atoms with van der Waals surface area (Å²) in [7, 11) is 1.22. The maximum absolute atomic E-state index is 12.7. The number of ether oxygens (including phenoxy) is 1. The van der Waals surface area contributed by atoms with Gasteiger partial charge in [-0.25, -0.2) is 4.79 Å². The molecule has 7 heteroatoms. The summed E-state index contributed by atoms with van der Waals surface area (Å²) in [5, 5.41) is 2.53. The van der Waals surface area contributed by atoms with Crippen LogP contribution in [0.1, 0.15) is 31.4 Å². The summed E-state index contributed by atoms with van der Waals surface area (Å²) in [6.45, 7) is 3.64. The highest BCUT2D eigenvalue weighted by Gasteiger charge is 2.31. The van der Waals surface area contributed by atoms with Gasteiger partial charge in [0.15, 0.2) is 0 Å². The second kappa shape index (κ2) is 7.99. The Morgan fingerprint density at radius 1 is 1.30 bits per heavy atom. The lowest BCUT2D eigenvalue weighted by Gasteiger charge is -2.21. The molecule has 0 aromatic heterocycles. The maximum atomic E-state index is 12.7. The van der Waals surface area contributed by atoms with Gasteiger partial charge in [0.1, 0.15) is 6.04 Å². The van der Waals surface area contributed by atoms with Crippen LogP contribution in [-0.4, -0.2) is 25.0 Å². The largest absolute Gasteiger partial charge is 0.467 e. The lowest BCUT2D eigenvalue weighted by molar-refractivity contribution is -0.146. The normalized spacial score (nSPS) is 14.0. The first-order valence-corrected chi connectivity index (χ1v) is 7.22. The maximum Gasteiger partial charge on any atom is 0.416 e. The van der Waals surface area contributed by atoms with Gasteiger partial charge in [-0.15, -0.1) is 0 Å². The van der Waals surface area contributed by atoms with E-state index in [0.29, 0.717) is 6.42 Å². The van der Waals surface area contributed by atoms with Crippen LogP contribution in [0.3, 0.4) is 0 Å². The van der Waals surface area contributed by atoms with Gasteiger partial charge in [0.2, 0.25) is 5.91 Å². The smallest absolute Gasteiger partial charge is 0.416 e. The molecule has 1 rings (SSSR count). The molecule has 0 aliphatic rings. The Morgan fingerprint density at radius 3 is 2.48 bits per heavy atom. The fraction of sp³-hybridized carbons (Fsp3) is 0.500. The van der Waals surface area contributed by atoms with Crippen LogP contribution in [0.4, 0.5) is 13.2 Å². The molecule has 0 radical (unpaired) electrons. The van der Waals surface area contributed by atoms with Crippen LogP contribution in [0.25, 0.3) is 0 Å². The fourth-order valence-corrected chi connectivity index (χ4v) is 2.06. The van der Waals surface area contributed by atoms with Crippen molar-refractivity contribution in [2.45, 2.75) is 38.9 Å². The molecular formula is C16H20F3NO3. The van der Waals surface area contributed by atoms with Crippen molar-refractivity contribution in [2.75, 3.05) is 7.11 Å². The molecule has 0 heterocycles. The molecule has 1 aromatic rings. The van der Waals surface area contributed by atoms with Gasteiger partial charge in [-0.3, -0.25) is 4.79 Å². The standard InChI is InChI=1S/C16H20F3NO3/c1-4-10(2)14(15(22)23-3)20-13(21)9-11-6-5-7-12(8-11)16(17,18)19/h5-8,10,14H,4,9H2,1-3H3,(H,20,21)/t10-,14+/m1/s1. The lowest BCUT2D eigenvalue weighted by atomic mass is 9.98. The molecular weight excluding hydrogens is 311 g/mol. The van der Waals surface area contributed by atoms with E-state index in [1.54, 1.807) is 6.92 Å². The average Bonchev–Trinajstić information content (AvgIpc) is 2.50. The third kappa shape index (κ3) is 5.58. The third-order valence-electron chi connectivity index (χ3n) is 3.60. The zero-order valence-corrected chi connectivity index (χ0v) is 13.2. The van der Waals surface area contributed by atoms with Gasteiger partial charge < -0.3 is 10.1 Å². The number of alkyl halides is 3. The first-order chi connectivity index (χ1) is 10.7. The van der Waals surface area contributed by atoms with Crippen LogP contribution >= 0.6 is 0 Å². The zero-order chi connectivity index (χ0) is 17.6. The monoisotopic (exact) mass is 331 g/mol. The van der Waals surface area contributed by atoms with E-state index < -0.39 is 29.7 Å². The van der Waals surface area contributed by atoms with Crippen molar-refractivity contribution in [2.24, 2.45) is 5.92 Å². The van der Waals surface area contributed by atoms with E-state index in [0.717, 1.165) is 12.1 Å². The van der Waals surface area contributed by atoms with Crippen molar-refractivity contribution in [3.63, 3.8) is 0 Å². The topological polar surface area (TPSA) is 55.4 Å².